The van der Waals surface area contributed by atoms with Gasteiger partial charge in [0.05, 0.1) is 0 Å². The number of aryl methyl sites for hydroxylation is 1. The van der Waals surface area contributed by atoms with E-state index in [0.717, 1.165) is 25.2 Å². The Kier molecular flexibility index (Phi) is 3.41. The normalized spacial score (nSPS) is 14.7. The molecule has 1 aliphatic rings. The molecule has 5 heteroatoms. The van der Waals surface area contributed by atoms with Crippen LogP contribution < -0.4 is 4.57 Å². The lowest BCUT2D eigenvalue weighted by molar-refractivity contribution is -0.661. The van der Waals surface area contributed by atoms with Gasteiger partial charge in [-0.15, -0.1) is 4.52 Å². The molecule has 3 heterocycles. The Morgan fingerprint density at radius 1 is 1.09 bits per heavy atom. The summed E-state index contributed by atoms with van der Waals surface area (Å²) in [4.78, 5) is 2.17. The van der Waals surface area contributed by atoms with Gasteiger partial charge in [-0.1, -0.05) is 24.3 Å². The Balaban J connectivity index is 1.52. The van der Waals surface area contributed by atoms with E-state index in [-0.39, 0.29) is 0 Å². The Morgan fingerprint density at radius 3 is 2.57 bits per heavy atom. The van der Waals surface area contributed by atoms with Crippen LogP contribution in [0.4, 0.5) is 0 Å². The number of likely N-dealkylation sites (tertiary alicyclic amines) is 1. The third-order valence-electron chi connectivity index (χ3n) is 4.70. The van der Waals surface area contributed by atoms with Crippen LogP contribution in [-0.4, -0.2) is 33.0 Å². The molecule has 23 heavy (non-hydrogen) atoms. The average Bonchev–Trinajstić information content (AvgIpc) is 3.29. The van der Waals surface area contributed by atoms with Crippen LogP contribution in [0.15, 0.2) is 48.9 Å². The van der Waals surface area contributed by atoms with E-state index in [1.165, 1.54) is 24.1 Å². The molecule has 0 saturated carbocycles. The van der Waals surface area contributed by atoms with Gasteiger partial charge in [0.1, 0.15) is 18.6 Å². The lowest BCUT2D eigenvalue weighted by Gasteiger charge is -2.18. The molecule has 1 aliphatic heterocycles. The van der Waals surface area contributed by atoms with E-state index in [1.807, 2.05) is 7.05 Å². The quantitative estimate of drug-likeness (QED) is 0.449. The van der Waals surface area contributed by atoms with Gasteiger partial charge in [0.25, 0.3) is 0 Å². The van der Waals surface area contributed by atoms with Crippen molar-refractivity contribution in [1.82, 2.24) is 14.1 Å². The highest BCUT2D eigenvalue weighted by molar-refractivity contribution is 5.96. The Bertz CT molecular complexity index is 834. The summed E-state index contributed by atoms with van der Waals surface area (Å²) in [5.41, 5.74) is 3.45. The van der Waals surface area contributed by atoms with E-state index in [4.69, 9.17) is 5.41 Å². The Morgan fingerprint density at radius 2 is 1.83 bits per heavy atom. The minimum absolute atomic E-state index is 0.663. The smallest absolute Gasteiger partial charge is 0.307 e. The summed E-state index contributed by atoms with van der Waals surface area (Å²) in [6.07, 6.45) is 8.66. The van der Waals surface area contributed by atoms with Crippen LogP contribution in [0.1, 0.15) is 24.0 Å². The summed E-state index contributed by atoms with van der Waals surface area (Å²) in [7, 11) is 2.04. The average molecular weight is 308 g/mol. The third-order valence-corrected chi connectivity index (χ3v) is 4.70. The molecule has 0 bridgehead atoms. The predicted molar refractivity (Wildman–Crippen MR) is 89.7 cm³/mol. The summed E-state index contributed by atoms with van der Waals surface area (Å²) in [6, 6.07) is 10.6. The van der Waals surface area contributed by atoms with E-state index in [9.17, 15) is 0 Å². The van der Waals surface area contributed by atoms with Gasteiger partial charge in [-0.2, -0.15) is 0 Å². The van der Waals surface area contributed by atoms with E-state index in [2.05, 4.69) is 67.6 Å². The maximum atomic E-state index is 8.32. The van der Waals surface area contributed by atoms with Crippen LogP contribution >= 0.6 is 0 Å². The number of nitrogens with one attached hydrogen (secondary N) is 1. The zero-order valence-corrected chi connectivity index (χ0v) is 13.4. The van der Waals surface area contributed by atoms with Crippen LogP contribution in [0.3, 0.4) is 0 Å². The number of benzene rings is 1. The van der Waals surface area contributed by atoms with Crippen molar-refractivity contribution in [2.24, 2.45) is 7.05 Å². The molecule has 1 aromatic carbocycles. The first-order valence-electron chi connectivity index (χ1n) is 8.17. The molecule has 0 radical (unpaired) electrons. The highest BCUT2D eigenvalue weighted by Gasteiger charge is 2.17. The topological polar surface area (TPSA) is 40.3 Å². The number of hydrogen-bond acceptors (Lipinski definition) is 1. The molecule has 1 saturated heterocycles. The number of amidine groups is 1. The van der Waals surface area contributed by atoms with Crippen molar-refractivity contribution in [2.45, 2.75) is 19.4 Å². The first-order chi connectivity index (χ1) is 11.2. The molecule has 4 rings (SSSR count). The van der Waals surface area contributed by atoms with Crippen LogP contribution in [0.2, 0.25) is 0 Å². The second kappa shape index (κ2) is 5.57. The van der Waals surface area contributed by atoms with Gasteiger partial charge in [-0.3, -0.25) is 5.41 Å². The fourth-order valence-corrected chi connectivity index (χ4v) is 3.33. The molecule has 5 nitrogen and oxygen atoms in total. The zero-order chi connectivity index (χ0) is 15.8. The van der Waals surface area contributed by atoms with Gasteiger partial charge in [-0.05, 0) is 18.4 Å². The van der Waals surface area contributed by atoms with E-state index < -0.39 is 0 Å². The minimum Gasteiger partial charge on any atom is -0.357 e. The number of nitrogens with zero attached hydrogens (tertiary/aromatic N) is 4. The predicted octanol–water partition coefficient (Wildman–Crippen LogP) is 2.03. The second-order valence-electron chi connectivity index (χ2n) is 6.26. The highest BCUT2D eigenvalue weighted by Crippen LogP contribution is 2.13. The molecule has 3 aromatic rings. The summed E-state index contributed by atoms with van der Waals surface area (Å²) < 4.78 is 6.42. The first-order valence-corrected chi connectivity index (χ1v) is 8.17. The molecule has 1 fully saturated rings. The fraction of sp³-hybridized carbons (Fsp3) is 0.333. The molecule has 0 atom stereocenters. The molecule has 0 spiro atoms. The molecule has 0 unspecified atom stereocenters. The second-order valence-corrected chi connectivity index (χ2v) is 6.26. The van der Waals surface area contributed by atoms with Crippen molar-refractivity contribution >= 4 is 11.5 Å². The summed E-state index contributed by atoms with van der Waals surface area (Å²) >= 11 is 0. The summed E-state index contributed by atoms with van der Waals surface area (Å²) in [5, 5.41) is 8.32. The van der Waals surface area contributed by atoms with E-state index >= 15 is 0 Å². The SMILES string of the molecule is Cn1ccc2n1cc[n+]2Cc1ccc(C(=N)N2CCCC2)cc1. The Labute approximate surface area is 135 Å². The van der Waals surface area contributed by atoms with Gasteiger partial charge in [-0.25, -0.2) is 9.25 Å². The third kappa shape index (κ3) is 2.52. The summed E-state index contributed by atoms with van der Waals surface area (Å²) in [5.74, 6) is 0.663. The standard InChI is InChI=1S/C18H22N5/c1-20-11-8-17-22(12-13-23(17)20)14-15-4-6-16(7-5-15)18(19)21-9-2-3-10-21/h4-8,11-13,19H,2-3,9-10,14H2,1H3/q+1. The molecular weight excluding hydrogens is 286 g/mol. The maximum Gasteiger partial charge on any atom is 0.307 e. The van der Waals surface area contributed by atoms with Crippen LogP contribution in [0, 0.1) is 5.41 Å². The number of imidazole rings is 1. The van der Waals surface area contributed by atoms with E-state index in [0.29, 0.717) is 5.84 Å². The molecule has 1 N–H and O–H groups in total. The lowest BCUT2D eigenvalue weighted by atomic mass is 10.1. The molecule has 0 amide bonds. The van der Waals surface area contributed by atoms with Gasteiger partial charge in [0.2, 0.25) is 0 Å². The number of aromatic nitrogens is 3. The molecular formula is C18H22N5+. The van der Waals surface area contributed by atoms with Crippen LogP contribution in [0.25, 0.3) is 5.65 Å². The monoisotopic (exact) mass is 308 g/mol. The number of rotatable bonds is 3. The fourth-order valence-electron chi connectivity index (χ4n) is 3.33. The molecule has 0 aliphatic carbocycles. The minimum atomic E-state index is 0.663. The highest BCUT2D eigenvalue weighted by atomic mass is 15.4. The maximum absolute atomic E-state index is 8.32. The zero-order valence-electron chi connectivity index (χ0n) is 13.4. The van der Waals surface area contributed by atoms with Gasteiger partial charge in [0.15, 0.2) is 6.20 Å². The van der Waals surface area contributed by atoms with Gasteiger partial charge < -0.3 is 4.90 Å². The van der Waals surface area contributed by atoms with Crippen molar-refractivity contribution in [2.75, 3.05) is 13.1 Å². The Hall–Kier alpha value is -2.56. The summed E-state index contributed by atoms with van der Waals surface area (Å²) in [6.45, 7) is 2.89. The largest absolute Gasteiger partial charge is 0.357 e. The molecule has 2 aromatic heterocycles. The first kappa shape index (κ1) is 14.1. The van der Waals surface area contributed by atoms with Gasteiger partial charge in [0, 0.05) is 38.0 Å². The van der Waals surface area contributed by atoms with Crippen molar-refractivity contribution in [3.05, 3.63) is 60.0 Å². The van der Waals surface area contributed by atoms with Crippen molar-refractivity contribution < 1.29 is 4.57 Å². The van der Waals surface area contributed by atoms with Crippen LogP contribution in [-0.2, 0) is 13.6 Å². The number of fused-ring (bicyclic) bond motifs is 1. The van der Waals surface area contributed by atoms with Crippen molar-refractivity contribution in [3.8, 4) is 0 Å². The van der Waals surface area contributed by atoms with Crippen molar-refractivity contribution in [3.63, 3.8) is 0 Å². The number of hydrogen-bond donors (Lipinski definition) is 1. The van der Waals surface area contributed by atoms with Crippen LogP contribution in [0.5, 0.6) is 0 Å². The van der Waals surface area contributed by atoms with E-state index in [1.54, 1.807) is 0 Å². The van der Waals surface area contributed by atoms with Gasteiger partial charge >= 0.3 is 5.65 Å². The lowest BCUT2D eigenvalue weighted by Crippen LogP contribution is -2.32. The van der Waals surface area contributed by atoms with Crippen molar-refractivity contribution in [1.29, 1.82) is 5.41 Å². The molecule has 118 valence electrons.